The number of rotatable bonds is 5. The number of alkyl halides is 1. The van der Waals surface area contributed by atoms with Crippen LogP contribution in [0.2, 0.25) is 0 Å². The number of nitrogens with zero attached hydrogens (tertiary/aromatic N) is 3. The zero-order valence-electron chi connectivity index (χ0n) is 16.3. The Labute approximate surface area is 180 Å². The van der Waals surface area contributed by atoms with Crippen LogP contribution < -0.4 is 0 Å². The highest BCUT2D eigenvalue weighted by Gasteiger charge is 2.39. The lowest BCUT2D eigenvalue weighted by atomic mass is 9.76. The average molecular weight is 410 g/mol. The molecule has 0 bridgehead atoms. The van der Waals surface area contributed by atoms with Gasteiger partial charge in [-0.15, -0.1) is 11.6 Å². The van der Waals surface area contributed by atoms with Gasteiger partial charge in [-0.05, 0) is 28.3 Å². The molecule has 0 spiro atoms. The smallest absolute Gasteiger partial charge is 0.138 e. The number of pyridine rings is 1. The van der Waals surface area contributed by atoms with Crippen LogP contribution in [0.15, 0.2) is 110 Å². The van der Waals surface area contributed by atoms with Crippen molar-refractivity contribution in [1.82, 2.24) is 14.8 Å². The van der Waals surface area contributed by atoms with Crippen LogP contribution in [0, 0.1) is 0 Å². The van der Waals surface area contributed by atoms with Gasteiger partial charge in [-0.1, -0.05) is 84.9 Å². The summed E-state index contributed by atoms with van der Waals surface area (Å²) in [6.07, 6.45) is 5.71. The minimum atomic E-state index is -0.649. The molecule has 3 nitrogen and oxygen atoms in total. The molecule has 0 unspecified atom stereocenters. The van der Waals surface area contributed by atoms with Crippen molar-refractivity contribution in [3.05, 3.63) is 132 Å². The summed E-state index contributed by atoms with van der Waals surface area (Å²) in [6, 6.07) is 31.5. The lowest BCUT2D eigenvalue weighted by Gasteiger charge is -2.36. The van der Waals surface area contributed by atoms with Gasteiger partial charge in [-0.25, -0.2) is 0 Å². The molecule has 0 fully saturated rings. The zero-order chi connectivity index (χ0) is 20.4. The third-order valence-electron chi connectivity index (χ3n) is 5.54. The summed E-state index contributed by atoms with van der Waals surface area (Å²) in [7, 11) is 0. The molecule has 3 aromatic carbocycles. The molecule has 0 aliphatic carbocycles. The summed E-state index contributed by atoms with van der Waals surface area (Å²) >= 11 is 6.22. The summed E-state index contributed by atoms with van der Waals surface area (Å²) in [5, 5.41) is 6.04. The Morgan fingerprint density at radius 3 is 2.07 bits per heavy atom. The fourth-order valence-electron chi connectivity index (χ4n) is 4.17. The van der Waals surface area contributed by atoms with E-state index in [-0.39, 0.29) is 0 Å². The fraction of sp³-hybridized carbons (Fsp3) is 0.0769. The van der Waals surface area contributed by atoms with Crippen LogP contribution in [-0.2, 0) is 11.4 Å². The Hall–Kier alpha value is -3.43. The molecule has 0 saturated carbocycles. The predicted octanol–water partition coefficient (Wildman–Crippen LogP) is 6.01. The number of hydrogen-bond donors (Lipinski definition) is 0. The van der Waals surface area contributed by atoms with Gasteiger partial charge < -0.3 is 0 Å². The van der Waals surface area contributed by atoms with Gasteiger partial charge in [-0.2, -0.15) is 5.10 Å². The first-order valence-electron chi connectivity index (χ1n) is 9.88. The number of halogens is 1. The Morgan fingerprint density at radius 1 is 0.767 bits per heavy atom. The monoisotopic (exact) mass is 409 g/mol. The van der Waals surface area contributed by atoms with Crippen molar-refractivity contribution in [3.8, 4) is 0 Å². The Bertz CT molecular complexity index is 1210. The summed E-state index contributed by atoms with van der Waals surface area (Å²) in [6.45, 7) is 0. The van der Waals surface area contributed by atoms with Crippen LogP contribution in [0.5, 0.6) is 0 Å². The highest BCUT2D eigenvalue weighted by Crippen LogP contribution is 2.41. The molecular formula is C26H20ClN3. The maximum absolute atomic E-state index is 6.22. The second-order valence-electron chi connectivity index (χ2n) is 7.28. The van der Waals surface area contributed by atoms with E-state index in [0.29, 0.717) is 5.88 Å². The molecule has 0 radical (unpaired) electrons. The average Bonchev–Trinajstić information content (AvgIpc) is 3.25. The van der Waals surface area contributed by atoms with E-state index in [1.54, 1.807) is 6.20 Å². The van der Waals surface area contributed by atoms with Crippen LogP contribution in [0.3, 0.4) is 0 Å². The van der Waals surface area contributed by atoms with Crippen LogP contribution >= 0.6 is 11.6 Å². The fourth-order valence-corrected chi connectivity index (χ4v) is 4.34. The zero-order valence-corrected chi connectivity index (χ0v) is 17.1. The molecule has 5 rings (SSSR count). The Morgan fingerprint density at radius 2 is 1.43 bits per heavy atom. The lowest BCUT2D eigenvalue weighted by molar-refractivity contribution is 0.463. The van der Waals surface area contributed by atoms with Crippen molar-refractivity contribution in [2.45, 2.75) is 11.4 Å². The van der Waals surface area contributed by atoms with Crippen molar-refractivity contribution >= 4 is 22.5 Å². The Balaban J connectivity index is 1.92. The van der Waals surface area contributed by atoms with Gasteiger partial charge >= 0.3 is 0 Å². The van der Waals surface area contributed by atoms with Crippen LogP contribution in [0.25, 0.3) is 10.9 Å². The van der Waals surface area contributed by atoms with Gasteiger partial charge in [0.05, 0.1) is 6.20 Å². The summed E-state index contributed by atoms with van der Waals surface area (Å²) in [5.41, 5.74) is 4.65. The molecule has 0 N–H and O–H groups in total. The van der Waals surface area contributed by atoms with Gasteiger partial charge in [0.1, 0.15) is 11.1 Å². The minimum Gasteiger partial charge on any atom is -0.262 e. The molecule has 4 heteroatoms. The van der Waals surface area contributed by atoms with E-state index in [2.05, 4.69) is 88.7 Å². The Kier molecular flexibility index (Phi) is 4.82. The summed E-state index contributed by atoms with van der Waals surface area (Å²) in [5.74, 6) is 0.457. The number of fused-ring (bicyclic) bond motifs is 1. The van der Waals surface area contributed by atoms with Crippen LogP contribution in [-0.4, -0.2) is 14.8 Å². The third-order valence-corrected chi connectivity index (χ3v) is 5.84. The lowest BCUT2D eigenvalue weighted by Crippen LogP contribution is -2.38. The summed E-state index contributed by atoms with van der Waals surface area (Å²) in [4.78, 5) is 4.26. The van der Waals surface area contributed by atoms with Crippen molar-refractivity contribution in [2.75, 3.05) is 0 Å². The molecule has 0 aliphatic heterocycles. The SMILES string of the molecule is ClCc1cccc(C(c2ccccc2)(c2ccccc2)n2cc3ccncc3n2)c1. The van der Waals surface area contributed by atoms with Crippen molar-refractivity contribution < 1.29 is 0 Å². The first-order valence-corrected chi connectivity index (χ1v) is 10.4. The first kappa shape index (κ1) is 18.6. The largest absolute Gasteiger partial charge is 0.262 e. The number of aromatic nitrogens is 3. The molecule has 5 aromatic rings. The second kappa shape index (κ2) is 7.77. The first-order chi connectivity index (χ1) is 14.8. The second-order valence-corrected chi connectivity index (χ2v) is 7.55. The maximum atomic E-state index is 6.22. The highest BCUT2D eigenvalue weighted by molar-refractivity contribution is 6.17. The molecule has 146 valence electrons. The highest BCUT2D eigenvalue weighted by atomic mass is 35.5. The van der Waals surface area contributed by atoms with E-state index >= 15 is 0 Å². The van der Waals surface area contributed by atoms with Gasteiger partial charge in [0, 0.05) is 23.7 Å². The molecule has 2 heterocycles. The quantitative estimate of drug-likeness (QED) is 0.263. The van der Waals surface area contributed by atoms with Crippen LogP contribution in [0.1, 0.15) is 22.3 Å². The van der Waals surface area contributed by atoms with E-state index in [1.165, 1.54) is 0 Å². The molecule has 2 aromatic heterocycles. The van der Waals surface area contributed by atoms with Gasteiger partial charge in [-0.3, -0.25) is 9.67 Å². The number of hydrogen-bond acceptors (Lipinski definition) is 2. The normalized spacial score (nSPS) is 11.6. The van der Waals surface area contributed by atoms with E-state index in [4.69, 9.17) is 16.7 Å². The van der Waals surface area contributed by atoms with Crippen LogP contribution in [0.4, 0.5) is 0 Å². The molecule has 0 atom stereocenters. The third kappa shape index (κ3) is 2.99. The maximum Gasteiger partial charge on any atom is 0.138 e. The predicted molar refractivity (Wildman–Crippen MR) is 122 cm³/mol. The van der Waals surface area contributed by atoms with E-state index in [1.807, 2.05) is 24.4 Å². The van der Waals surface area contributed by atoms with E-state index in [9.17, 15) is 0 Å². The molecule has 30 heavy (non-hydrogen) atoms. The minimum absolute atomic E-state index is 0.457. The molecule has 0 amide bonds. The van der Waals surface area contributed by atoms with Gasteiger partial charge in [0.15, 0.2) is 0 Å². The van der Waals surface area contributed by atoms with Gasteiger partial charge in [0.2, 0.25) is 0 Å². The standard InChI is InChI=1S/C26H20ClN3/c27-17-20-8-7-13-24(16-20)26(22-9-3-1-4-10-22,23-11-5-2-6-12-23)30-19-21-14-15-28-18-25(21)29-30/h1-16,18-19H,17H2. The van der Waals surface area contributed by atoms with Gasteiger partial charge in [0.25, 0.3) is 0 Å². The molecule has 0 saturated heterocycles. The van der Waals surface area contributed by atoms with E-state index in [0.717, 1.165) is 33.2 Å². The summed E-state index contributed by atoms with van der Waals surface area (Å²) < 4.78 is 2.07. The van der Waals surface area contributed by atoms with Crippen molar-refractivity contribution in [3.63, 3.8) is 0 Å². The molecule has 0 aliphatic rings. The topological polar surface area (TPSA) is 30.7 Å². The van der Waals surface area contributed by atoms with Crippen molar-refractivity contribution in [2.24, 2.45) is 0 Å². The number of benzene rings is 3. The van der Waals surface area contributed by atoms with E-state index < -0.39 is 5.54 Å². The van der Waals surface area contributed by atoms with Crippen molar-refractivity contribution in [1.29, 1.82) is 0 Å². The molecular weight excluding hydrogens is 390 g/mol.